The van der Waals surface area contributed by atoms with Crippen LogP contribution in [-0.4, -0.2) is 10.7 Å². The molecule has 0 spiro atoms. The minimum atomic E-state index is 0.192. The topological polar surface area (TPSA) is 25.2 Å². The molecule has 1 unspecified atom stereocenters. The highest BCUT2D eigenvalue weighted by molar-refractivity contribution is 6.07. The zero-order chi connectivity index (χ0) is 12.2. The molecule has 1 atom stereocenters. The van der Waals surface area contributed by atoms with E-state index < -0.39 is 0 Å². The van der Waals surface area contributed by atoms with Gasteiger partial charge in [-0.2, -0.15) is 0 Å². The maximum Gasteiger partial charge on any atom is 0.0764 e. The van der Waals surface area contributed by atoms with Crippen molar-refractivity contribution in [1.82, 2.24) is 4.98 Å². The predicted molar refractivity (Wildman–Crippen MR) is 74.7 cm³/mol. The molecule has 2 heterocycles. The minimum Gasteiger partial charge on any atom is -0.256 e. The van der Waals surface area contributed by atoms with Crippen LogP contribution in [0.3, 0.4) is 0 Å². The summed E-state index contributed by atoms with van der Waals surface area (Å²) in [7, 11) is 0. The summed E-state index contributed by atoms with van der Waals surface area (Å²) in [6, 6.07) is 8.54. The number of nitrogens with zero attached hydrogens (tertiary/aromatic N) is 2. The molecule has 2 aromatic rings. The van der Waals surface area contributed by atoms with E-state index in [1.165, 1.54) is 41.6 Å². The number of aliphatic imine (C=N–C) groups is 1. The van der Waals surface area contributed by atoms with Crippen LogP contribution in [0.4, 0.5) is 5.69 Å². The highest BCUT2D eigenvalue weighted by atomic mass is 14.8. The van der Waals surface area contributed by atoms with Gasteiger partial charge >= 0.3 is 0 Å². The van der Waals surface area contributed by atoms with Crippen LogP contribution in [0.1, 0.15) is 38.2 Å². The summed E-state index contributed by atoms with van der Waals surface area (Å²) in [5.41, 5.74) is 5.23. The quantitative estimate of drug-likeness (QED) is 0.674. The Morgan fingerprint density at radius 1 is 1.17 bits per heavy atom. The molecule has 0 bridgehead atoms. The van der Waals surface area contributed by atoms with Gasteiger partial charge in [-0.05, 0) is 43.0 Å². The van der Waals surface area contributed by atoms with Gasteiger partial charge < -0.3 is 0 Å². The number of aromatic nitrogens is 1. The van der Waals surface area contributed by atoms with E-state index in [0.29, 0.717) is 0 Å². The summed E-state index contributed by atoms with van der Waals surface area (Å²) in [6.45, 7) is 2.36. The van der Waals surface area contributed by atoms with Crippen LogP contribution in [-0.2, 0) is 5.41 Å². The lowest BCUT2D eigenvalue weighted by molar-refractivity contribution is 0.498. The standard InChI is InChI=1S/C16H16N2/c1-16-9-3-2-6-14(16)18-15-11-5-4-10-17-13(11)8-7-12(15)16/h4-5,7-8,10H,2-3,6,9H2,1H3. The number of hydrogen-bond acceptors (Lipinski definition) is 2. The number of hydrogen-bond donors (Lipinski definition) is 0. The van der Waals surface area contributed by atoms with Gasteiger partial charge in [-0.1, -0.05) is 19.4 Å². The number of pyridine rings is 1. The van der Waals surface area contributed by atoms with E-state index in [2.05, 4.69) is 30.1 Å². The Morgan fingerprint density at radius 2 is 2.11 bits per heavy atom. The van der Waals surface area contributed by atoms with Crippen molar-refractivity contribution in [3.05, 3.63) is 36.0 Å². The molecule has 1 aliphatic carbocycles. The fraction of sp³-hybridized carbons (Fsp3) is 0.375. The second-order valence-electron chi connectivity index (χ2n) is 5.63. The monoisotopic (exact) mass is 236 g/mol. The number of fused-ring (bicyclic) bond motifs is 5. The van der Waals surface area contributed by atoms with Crippen LogP contribution in [0.2, 0.25) is 0 Å². The normalized spacial score (nSPS) is 25.7. The molecule has 0 radical (unpaired) electrons. The summed E-state index contributed by atoms with van der Waals surface area (Å²) in [6.07, 6.45) is 6.86. The van der Waals surface area contributed by atoms with Gasteiger partial charge in [-0.15, -0.1) is 0 Å². The first-order chi connectivity index (χ1) is 8.79. The van der Waals surface area contributed by atoms with Crippen molar-refractivity contribution in [2.45, 2.75) is 38.0 Å². The molecule has 1 aromatic heterocycles. The first-order valence-corrected chi connectivity index (χ1v) is 6.75. The third-order valence-corrected chi connectivity index (χ3v) is 4.58. The fourth-order valence-electron chi connectivity index (χ4n) is 3.50. The van der Waals surface area contributed by atoms with E-state index in [-0.39, 0.29) is 5.41 Å². The van der Waals surface area contributed by atoms with Crippen molar-refractivity contribution in [2.24, 2.45) is 4.99 Å². The molecule has 2 heteroatoms. The predicted octanol–water partition coefficient (Wildman–Crippen LogP) is 4.15. The molecule has 2 aliphatic rings. The van der Waals surface area contributed by atoms with Gasteiger partial charge in [0, 0.05) is 22.7 Å². The summed E-state index contributed by atoms with van der Waals surface area (Å²) in [4.78, 5) is 9.38. The molecule has 4 rings (SSSR count). The van der Waals surface area contributed by atoms with Crippen molar-refractivity contribution in [2.75, 3.05) is 0 Å². The molecule has 0 amide bonds. The third kappa shape index (κ3) is 1.18. The molecule has 0 N–H and O–H groups in total. The Hall–Kier alpha value is -1.70. The molecule has 2 nitrogen and oxygen atoms in total. The highest BCUT2D eigenvalue weighted by Gasteiger charge is 2.40. The highest BCUT2D eigenvalue weighted by Crippen LogP contribution is 2.49. The molecule has 1 saturated carbocycles. The molecule has 1 fully saturated rings. The van der Waals surface area contributed by atoms with E-state index in [4.69, 9.17) is 4.99 Å². The third-order valence-electron chi connectivity index (χ3n) is 4.58. The van der Waals surface area contributed by atoms with Crippen molar-refractivity contribution in [1.29, 1.82) is 0 Å². The second-order valence-corrected chi connectivity index (χ2v) is 5.63. The Bertz CT molecular complexity index is 672. The largest absolute Gasteiger partial charge is 0.256 e. The van der Waals surface area contributed by atoms with Gasteiger partial charge in [0.05, 0.1) is 11.2 Å². The van der Waals surface area contributed by atoms with Crippen molar-refractivity contribution in [3.8, 4) is 0 Å². The Morgan fingerprint density at radius 3 is 3.06 bits per heavy atom. The minimum absolute atomic E-state index is 0.192. The molecular formula is C16H16N2. The molecule has 90 valence electrons. The van der Waals surface area contributed by atoms with Crippen LogP contribution in [0.25, 0.3) is 10.9 Å². The lowest BCUT2D eigenvalue weighted by Crippen LogP contribution is -2.32. The van der Waals surface area contributed by atoms with E-state index in [1.807, 2.05) is 12.3 Å². The van der Waals surface area contributed by atoms with Gasteiger partial charge in [0.2, 0.25) is 0 Å². The first-order valence-electron chi connectivity index (χ1n) is 6.75. The van der Waals surface area contributed by atoms with Crippen LogP contribution < -0.4 is 0 Å². The van der Waals surface area contributed by atoms with Gasteiger partial charge in [-0.3, -0.25) is 9.98 Å². The Kier molecular flexibility index (Phi) is 1.94. The van der Waals surface area contributed by atoms with Crippen LogP contribution >= 0.6 is 0 Å². The molecule has 18 heavy (non-hydrogen) atoms. The summed E-state index contributed by atoms with van der Waals surface area (Å²) < 4.78 is 0. The van der Waals surface area contributed by atoms with Crippen molar-refractivity contribution >= 4 is 22.3 Å². The van der Waals surface area contributed by atoms with Crippen LogP contribution in [0, 0.1) is 0 Å². The molecule has 0 saturated heterocycles. The SMILES string of the molecule is CC12CCCCC1=Nc1c2ccc2ncccc12. The molecular weight excluding hydrogens is 220 g/mol. The summed E-state index contributed by atoms with van der Waals surface area (Å²) in [5, 5.41) is 1.21. The maximum atomic E-state index is 4.95. The average Bonchev–Trinajstić information content (AvgIpc) is 2.72. The van der Waals surface area contributed by atoms with Crippen LogP contribution in [0.5, 0.6) is 0 Å². The number of rotatable bonds is 0. The lowest BCUT2D eigenvalue weighted by Gasteiger charge is -2.31. The van der Waals surface area contributed by atoms with E-state index in [9.17, 15) is 0 Å². The van der Waals surface area contributed by atoms with Gasteiger partial charge in [0.1, 0.15) is 0 Å². The smallest absolute Gasteiger partial charge is 0.0764 e. The summed E-state index contributed by atoms with van der Waals surface area (Å²) in [5.74, 6) is 0. The van der Waals surface area contributed by atoms with Gasteiger partial charge in [-0.25, -0.2) is 0 Å². The Labute approximate surface area is 107 Å². The van der Waals surface area contributed by atoms with E-state index >= 15 is 0 Å². The van der Waals surface area contributed by atoms with Gasteiger partial charge in [0.25, 0.3) is 0 Å². The lowest BCUT2D eigenvalue weighted by atomic mass is 9.70. The van der Waals surface area contributed by atoms with Crippen molar-refractivity contribution < 1.29 is 0 Å². The molecule has 1 aromatic carbocycles. The van der Waals surface area contributed by atoms with E-state index in [0.717, 1.165) is 11.9 Å². The van der Waals surface area contributed by atoms with Crippen LogP contribution in [0.15, 0.2) is 35.5 Å². The second kappa shape index (κ2) is 3.41. The summed E-state index contributed by atoms with van der Waals surface area (Å²) >= 11 is 0. The van der Waals surface area contributed by atoms with Crippen molar-refractivity contribution in [3.63, 3.8) is 0 Å². The van der Waals surface area contributed by atoms with E-state index in [1.54, 1.807) is 0 Å². The molecule has 1 aliphatic heterocycles. The fourth-order valence-corrected chi connectivity index (χ4v) is 3.50. The average molecular weight is 236 g/mol. The first kappa shape index (κ1) is 10.2. The number of benzene rings is 1. The Balaban J connectivity index is 2.05. The maximum absolute atomic E-state index is 4.95. The zero-order valence-electron chi connectivity index (χ0n) is 10.6. The van der Waals surface area contributed by atoms with Gasteiger partial charge in [0.15, 0.2) is 0 Å². The zero-order valence-corrected chi connectivity index (χ0v) is 10.6.